The van der Waals surface area contributed by atoms with Crippen molar-refractivity contribution in [3.63, 3.8) is 0 Å². The van der Waals surface area contributed by atoms with E-state index in [9.17, 15) is 9.59 Å². The molecule has 0 aliphatic carbocycles. The first kappa shape index (κ1) is 11.7. The molecule has 74 valence electrons. The monoisotopic (exact) mass is 186 g/mol. The number of unbranched alkanes of at least 4 members (excludes halogenated alkanes) is 1. The molecule has 0 aromatic heterocycles. The minimum atomic E-state index is -0.828. The van der Waals surface area contributed by atoms with Crippen LogP contribution in [0, 0.1) is 0 Å². The van der Waals surface area contributed by atoms with E-state index in [0.29, 0.717) is 18.4 Å². The van der Waals surface area contributed by atoms with E-state index in [0.717, 1.165) is 0 Å². The number of esters is 1. The molecule has 0 amide bonds. The van der Waals surface area contributed by atoms with Crippen LogP contribution < -0.4 is 0 Å². The van der Waals surface area contributed by atoms with Crippen molar-refractivity contribution in [1.82, 2.24) is 0 Å². The van der Waals surface area contributed by atoms with Gasteiger partial charge in [-0.1, -0.05) is 6.58 Å². The highest BCUT2D eigenvalue weighted by molar-refractivity contribution is 5.86. The van der Waals surface area contributed by atoms with E-state index < -0.39 is 11.9 Å². The van der Waals surface area contributed by atoms with Crippen LogP contribution in [0.25, 0.3) is 0 Å². The van der Waals surface area contributed by atoms with Crippen LogP contribution in [0.2, 0.25) is 0 Å². The summed E-state index contributed by atoms with van der Waals surface area (Å²) in [7, 11) is 0. The average Bonchev–Trinajstić information content (AvgIpc) is 2.02. The zero-order valence-corrected chi connectivity index (χ0v) is 7.71. The van der Waals surface area contributed by atoms with Crippen molar-refractivity contribution in [2.45, 2.75) is 26.2 Å². The third-order valence-corrected chi connectivity index (χ3v) is 1.37. The molecule has 0 unspecified atom stereocenters. The van der Waals surface area contributed by atoms with E-state index in [1.54, 1.807) is 6.92 Å². The van der Waals surface area contributed by atoms with Gasteiger partial charge in [0.15, 0.2) is 0 Å². The standard InChI is InChI=1S/C9H14O4/c1-7(2)9(12)13-6-4-3-5-8(10)11/h1,3-6H2,2H3,(H,10,11). The number of hydrogen-bond acceptors (Lipinski definition) is 3. The Balaban J connectivity index is 3.31. The van der Waals surface area contributed by atoms with Crippen LogP contribution in [-0.2, 0) is 14.3 Å². The molecular weight excluding hydrogens is 172 g/mol. The molecule has 0 rings (SSSR count). The number of carbonyl (C=O) groups excluding carboxylic acids is 1. The number of carbonyl (C=O) groups is 2. The Hall–Kier alpha value is -1.32. The molecule has 0 saturated heterocycles. The van der Waals surface area contributed by atoms with E-state index in [1.807, 2.05) is 0 Å². The predicted octanol–water partition coefficient (Wildman–Crippen LogP) is 1.36. The molecule has 0 saturated carbocycles. The fraction of sp³-hybridized carbons (Fsp3) is 0.556. The van der Waals surface area contributed by atoms with Crippen molar-refractivity contribution in [3.8, 4) is 0 Å². The summed E-state index contributed by atoms with van der Waals surface area (Å²) < 4.78 is 4.75. The molecule has 1 N–H and O–H groups in total. The fourth-order valence-corrected chi connectivity index (χ4v) is 0.666. The molecule has 0 aliphatic heterocycles. The van der Waals surface area contributed by atoms with E-state index in [-0.39, 0.29) is 13.0 Å². The quantitative estimate of drug-likeness (QED) is 0.386. The number of ether oxygens (including phenoxy) is 1. The topological polar surface area (TPSA) is 63.6 Å². The second-order valence-electron chi connectivity index (χ2n) is 2.77. The number of carboxylic acids is 1. The predicted molar refractivity (Wildman–Crippen MR) is 47.3 cm³/mol. The Labute approximate surface area is 77.2 Å². The third kappa shape index (κ3) is 7.05. The van der Waals surface area contributed by atoms with Gasteiger partial charge in [-0.3, -0.25) is 4.79 Å². The second-order valence-corrected chi connectivity index (χ2v) is 2.77. The lowest BCUT2D eigenvalue weighted by molar-refractivity contribution is -0.139. The molecule has 4 nitrogen and oxygen atoms in total. The van der Waals surface area contributed by atoms with Gasteiger partial charge in [-0.25, -0.2) is 4.79 Å². The highest BCUT2D eigenvalue weighted by Crippen LogP contribution is 1.98. The average molecular weight is 186 g/mol. The molecule has 0 bridgehead atoms. The van der Waals surface area contributed by atoms with Crippen LogP contribution in [0.3, 0.4) is 0 Å². The van der Waals surface area contributed by atoms with Gasteiger partial charge in [-0.15, -0.1) is 0 Å². The summed E-state index contributed by atoms with van der Waals surface area (Å²) in [4.78, 5) is 20.9. The smallest absolute Gasteiger partial charge is 0.333 e. The van der Waals surface area contributed by atoms with Gasteiger partial charge in [-0.05, 0) is 19.8 Å². The van der Waals surface area contributed by atoms with Crippen LogP contribution in [0.1, 0.15) is 26.2 Å². The number of rotatable bonds is 6. The number of hydrogen-bond donors (Lipinski definition) is 1. The van der Waals surface area contributed by atoms with Gasteiger partial charge in [0.2, 0.25) is 0 Å². The van der Waals surface area contributed by atoms with Crippen molar-refractivity contribution in [2.24, 2.45) is 0 Å². The molecule has 0 aromatic carbocycles. The molecule has 0 heterocycles. The Morgan fingerprint density at radius 1 is 1.38 bits per heavy atom. The molecule has 0 atom stereocenters. The summed E-state index contributed by atoms with van der Waals surface area (Å²) in [6.45, 7) is 5.25. The first-order valence-electron chi connectivity index (χ1n) is 4.08. The van der Waals surface area contributed by atoms with Crippen molar-refractivity contribution >= 4 is 11.9 Å². The summed E-state index contributed by atoms with van der Waals surface area (Å²) >= 11 is 0. The largest absolute Gasteiger partial charge is 0.481 e. The van der Waals surface area contributed by atoms with E-state index >= 15 is 0 Å². The molecule has 0 fully saturated rings. The van der Waals surface area contributed by atoms with Crippen molar-refractivity contribution < 1.29 is 19.4 Å². The van der Waals surface area contributed by atoms with Gasteiger partial charge < -0.3 is 9.84 Å². The molecule has 0 aromatic rings. The SMILES string of the molecule is C=C(C)C(=O)OCCCCC(=O)O. The lowest BCUT2D eigenvalue weighted by Crippen LogP contribution is -2.06. The van der Waals surface area contributed by atoms with Gasteiger partial charge in [0.25, 0.3) is 0 Å². The number of aliphatic carboxylic acids is 1. The number of carboxylic acid groups (broad SMARTS) is 1. The fourth-order valence-electron chi connectivity index (χ4n) is 0.666. The molecule has 4 heteroatoms. The molecule has 0 aliphatic rings. The van der Waals surface area contributed by atoms with E-state index in [4.69, 9.17) is 9.84 Å². The van der Waals surface area contributed by atoms with E-state index in [2.05, 4.69) is 6.58 Å². The zero-order chi connectivity index (χ0) is 10.3. The molecule has 0 radical (unpaired) electrons. The lowest BCUT2D eigenvalue weighted by atomic mass is 10.2. The summed E-state index contributed by atoms with van der Waals surface area (Å²) in [5.41, 5.74) is 0.359. The van der Waals surface area contributed by atoms with E-state index in [1.165, 1.54) is 0 Å². The highest BCUT2D eigenvalue weighted by Gasteiger charge is 2.02. The minimum absolute atomic E-state index is 0.116. The summed E-state index contributed by atoms with van der Waals surface area (Å²) in [5.74, 6) is -1.25. The van der Waals surface area contributed by atoms with Crippen molar-refractivity contribution in [3.05, 3.63) is 12.2 Å². The maximum Gasteiger partial charge on any atom is 0.333 e. The Morgan fingerprint density at radius 2 is 2.00 bits per heavy atom. The van der Waals surface area contributed by atoms with Crippen molar-refractivity contribution in [1.29, 1.82) is 0 Å². The maximum absolute atomic E-state index is 10.8. The van der Waals surface area contributed by atoms with Crippen LogP contribution >= 0.6 is 0 Å². The highest BCUT2D eigenvalue weighted by atomic mass is 16.5. The summed E-state index contributed by atoms with van der Waals surface area (Å²) in [6.07, 6.45) is 1.22. The minimum Gasteiger partial charge on any atom is -0.481 e. The Morgan fingerprint density at radius 3 is 2.46 bits per heavy atom. The van der Waals surface area contributed by atoms with Crippen LogP contribution in [0.5, 0.6) is 0 Å². The van der Waals surface area contributed by atoms with Gasteiger partial charge >= 0.3 is 11.9 Å². The zero-order valence-electron chi connectivity index (χ0n) is 7.71. The summed E-state index contributed by atoms with van der Waals surface area (Å²) in [5, 5.41) is 8.29. The van der Waals surface area contributed by atoms with Crippen LogP contribution in [0.15, 0.2) is 12.2 Å². The van der Waals surface area contributed by atoms with Gasteiger partial charge in [0.1, 0.15) is 0 Å². The van der Waals surface area contributed by atoms with Crippen LogP contribution in [0.4, 0.5) is 0 Å². The second kappa shape index (κ2) is 6.22. The normalized spacial score (nSPS) is 9.31. The Bertz CT molecular complexity index is 208. The maximum atomic E-state index is 10.8. The summed E-state index contributed by atoms with van der Waals surface area (Å²) in [6, 6.07) is 0. The van der Waals surface area contributed by atoms with Crippen molar-refractivity contribution in [2.75, 3.05) is 6.61 Å². The van der Waals surface area contributed by atoms with Gasteiger partial charge in [0.05, 0.1) is 6.61 Å². The van der Waals surface area contributed by atoms with Gasteiger partial charge in [-0.2, -0.15) is 0 Å². The molecular formula is C9H14O4. The third-order valence-electron chi connectivity index (χ3n) is 1.37. The molecule has 13 heavy (non-hydrogen) atoms. The molecule has 0 spiro atoms. The first-order valence-corrected chi connectivity index (χ1v) is 4.08. The van der Waals surface area contributed by atoms with Gasteiger partial charge in [0, 0.05) is 12.0 Å². The lowest BCUT2D eigenvalue weighted by Gasteiger charge is -2.02. The van der Waals surface area contributed by atoms with Crippen LogP contribution in [-0.4, -0.2) is 23.7 Å². The Kier molecular flexibility index (Phi) is 5.59. The first-order chi connectivity index (χ1) is 6.04.